The molecular formula is C33H35F3N4O3. The molecule has 4 aromatic rings. The monoisotopic (exact) mass is 592 g/mol. The van der Waals surface area contributed by atoms with Gasteiger partial charge in [-0.05, 0) is 79.1 Å². The number of ether oxygens (including phenoxy) is 1. The van der Waals surface area contributed by atoms with Crippen LogP contribution in [0.5, 0.6) is 5.75 Å². The number of piperidine rings is 2. The molecular weight excluding hydrogens is 557 g/mol. The van der Waals surface area contributed by atoms with Crippen LogP contribution in [0.2, 0.25) is 0 Å². The number of benzene rings is 2. The van der Waals surface area contributed by atoms with E-state index in [0.717, 1.165) is 68.5 Å². The highest BCUT2D eigenvalue weighted by Crippen LogP contribution is 2.32. The van der Waals surface area contributed by atoms with Gasteiger partial charge in [0, 0.05) is 82.1 Å². The van der Waals surface area contributed by atoms with Crippen molar-refractivity contribution in [2.24, 2.45) is 0 Å². The van der Waals surface area contributed by atoms with Crippen LogP contribution in [0.25, 0.3) is 11.0 Å². The van der Waals surface area contributed by atoms with Gasteiger partial charge in [0.05, 0.1) is 5.56 Å². The Morgan fingerprint density at radius 2 is 1.65 bits per heavy atom. The highest BCUT2D eigenvalue weighted by Gasteiger charge is 2.31. The van der Waals surface area contributed by atoms with Crippen molar-refractivity contribution in [3.63, 3.8) is 0 Å². The Hall–Kier alpha value is -4.05. The number of likely N-dealkylation sites (tertiary alicyclic amines) is 1. The predicted octanol–water partition coefficient (Wildman–Crippen LogP) is 6.63. The molecule has 0 spiro atoms. The van der Waals surface area contributed by atoms with Crippen LogP contribution in [0.4, 0.5) is 18.9 Å². The summed E-state index contributed by atoms with van der Waals surface area (Å²) in [5.41, 5.74) is 2.02. The highest BCUT2D eigenvalue weighted by atomic mass is 19.4. The first-order chi connectivity index (χ1) is 20.7. The van der Waals surface area contributed by atoms with E-state index in [1.165, 1.54) is 17.7 Å². The summed E-state index contributed by atoms with van der Waals surface area (Å²) >= 11 is 0. The predicted molar refractivity (Wildman–Crippen MR) is 158 cm³/mol. The topological polar surface area (TPSA) is 62.1 Å². The highest BCUT2D eigenvalue weighted by molar-refractivity contribution is 5.96. The molecule has 2 aromatic heterocycles. The number of anilines is 1. The molecule has 2 aliphatic rings. The fraction of sp³-hybridized carbons (Fsp3) is 0.394. The molecule has 10 heteroatoms. The number of carbonyl (C=O) groups is 1. The lowest BCUT2D eigenvalue weighted by atomic mass is 10.0. The Morgan fingerprint density at radius 1 is 0.953 bits per heavy atom. The Bertz CT molecular complexity index is 1520. The Kier molecular flexibility index (Phi) is 8.30. The van der Waals surface area contributed by atoms with E-state index >= 15 is 0 Å². The second-order valence-corrected chi connectivity index (χ2v) is 11.4. The molecule has 4 heterocycles. The molecule has 7 nitrogen and oxygen atoms in total. The van der Waals surface area contributed by atoms with E-state index in [2.05, 4.69) is 14.8 Å². The number of aromatic nitrogens is 1. The van der Waals surface area contributed by atoms with E-state index in [4.69, 9.17) is 9.15 Å². The lowest BCUT2D eigenvalue weighted by molar-refractivity contribution is -0.137. The van der Waals surface area contributed by atoms with Crippen LogP contribution in [0.1, 0.15) is 47.4 Å². The maximum Gasteiger partial charge on any atom is 0.416 e. The Labute approximate surface area is 248 Å². The number of hydrogen-bond acceptors (Lipinski definition) is 6. The van der Waals surface area contributed by atoms with Gasteiger partial charge in [-0.15, -0.1) is 0 Å². The van der Waals surface area contributed by atoms with Crippen molar-refractivity contribution in [1.29, 1.82) is 0 Å². The van der Waals surface area contributed by atoms with Crippen molar-refractivity contribution >= 4 is 22.6 Å². The molecule has 1 amide bonds. The van der Waals surface area contributed by atoms with E-state index in [0.29, 0.717) is 30.2 Å². The number of hydrogen-bond donors (Lipinski definition) is 0. The van der Waals surface area contributed by atoms with Crippen molar-refractivity contribution < 1.29 is 27.1 Å². The third-order valence-corrected chi connectivity index (χ3v) is 8.58. The molecule has 2 fully saturated rings. The van der Waals surface area contributed by atoms with Crippen LogP contribution < -0.4 is 9.64 Å². The minimum Gasteiger partial charge on any atom is -0.490 e. The summed E-state index contributed by atoms with van der Waals surface area (Å²) in [5, 5.41) is 0.809. The molecule has 2 saturated heterocycles. The fourth-order valence-corrected chi connectivity index (χ4v) is 6.04. The van der Waals surface area contributed by atoms with E-state index < -0.39 is 11.7 Å². The van der Waals surface area contributed by atoms with Crippen molar-refractivity contribution in [3.8, 4) is 5.75 Å². The van der Waals surface area contributed by atoms with Crippen LogP contribution in [-0.4, -0.2) is 66.1 Å². The quantitative estimate of drug-likeness (QED) is 0.240. The third-order valence-electron chi connectivity index (χ3n) is 8.58. The largest absolute Gasteiger partial charge is 0.490 e. The zero-order valence-corrected chi connectivity index (χ0v) is 24.1. The van der Waals surface area contributed by atoms with Gasteiger partial charge in [-0.3, -0.25) is 14.7 Å². The zero-order chi connectivity index (χ0) is 30.0. The summed E-state index contributed by atoms with van der Waals surface area (Å²) in [5.74, 6) is 0.899. The standard InChI is InChI=1S/C33H35F3N4O3/c1-38(26-10-16-39(17-11-26)22-23-8-14-37-15-9-23)32(41)31-21-24-20-29(6-7-30(24)43-31)42-28-12-18-40(19-13-28)27-4-2-25(3-5-27)33(34,35)36/h2-9,14-15,20-21,26,28H,10-13,16-19,22H2,1H3. The Morgan fingerprint density at radius 3 is 2.33 bits per heavy atom. The molecule has 226 valence electrons. The number of rotatable bonds is 7. The average Bonchev–Trinajstić information content (AvgIpc) is 3.45. The number of carbonyl (C=O) groups excluding carboxylic acids is 1. The van der Waals surface area contributed by atoms with Crippen molar-refractivity contribution in [2.75, 3.05) is 38.1 Å². The molecule has 0 radical (unpaired) electrons. The maximum absolute atomic E-state index is 13.3. The van der Waals surface area contributed by atoms with E-state index in [1.807, 2.05) is 54.7 Å². The van der Waals surface area contributed by atoms with Gasteiger partial charge in [0.15, 0.2) is 5.76 Å². The van der Waals surface area contributed by atoms with Crippen LogP contribution in [0.15, 0.2) is 77.5 Å². The minimum atomic E-state index is -4.33. The molecule has 0 N–H and O–H groups in total. The SMILES string of the molecule is CN(C(=O)c1cc2cc(OC3CCN(c4ccc(C(F)(F)F)cc4)CC3)ccc2o1)C1CCN(Cc2ccncc2)CC1. The van der Waals surface area contributed by atoms with Gasteiger partial charge >= 0.3 is 6.18 Å². The number of amides is 1. The molecule has 0 aliphatic carbocycles. The van der Waals surface area contributed by atoms with E-state index in [9.17, 15) is 18.0 Å². The smallest absolute Gasteiger partial charge is 0.416 e. The molecule has 2 aromatic carbocycles. The van der Waals surface area contributed by atoms with Crippen LogP contribution in [0.3, 0.4) is 0 Å². The van der Waals surface area contributed by atoms with Crippen molar-refractivity contribution in [3.05, 3.63) is 89.9 Å². The second-order valence-electron chi connectivity index (χ2n) is 11.4. The summed E-state index contributed by atoms with van der Waals surface area (Å²) in [6.45, 7) is 4.12. The van der Waals surface area contributed by atoms with Gasteiger partial charge in [0.25, 0.3) is 5.91 Å². The van der Waals surface area contributed by atoms with Gasteiger partial charge in [-0.1, -0.05) is 0 Å². The molecule has 0 saturated carbocycles. The van der Waals surface area contributed by atoms with Gasteiger partial charge < -0.3 is 19.0 Å². The molecule has 0 bridgehead atoms. The first kappa shape index (κ1) is 29.0. The van der Waals surface area contributed by atoms with E-state index in [1.54, 1.807) is 6.07 Å². The number of furan rings is 1. The lowest BCUT2D eigenvalue weighted by Crippen LogP contribution is -2.45. The minimum absolute atomic E-state index is 0.00768. The lowest BCUT2D eigenvalue weighted by Gasteiger charge is -2.36. The zero-order valence-electron chi connectivity index (χ0n) is 24.1. The number of halogens is 3. The molecule has 0 unspecified atom stereocenters. The normalized spacial score (nSPS) is 17.3. The first-order valence-electron chi connectivity index (χ1n) is 14.7. The molecule has 0 atom stereocenters. The summed E-state index contributed by atoms with van der Waals surface area (Å²) in [6, 6.07) is 16.9. The third kappa shape index (κ3) is 6.80. The molecule has 6 rings (SSSR count). The maximum atomic E-state index is 13.3. The van der Waals surface area contributed by atoms with E-state index in [-0.39, 0.29) is 18.1 Å². The van der Waals surface area contributed by atoms with Crippen LogP contribution >= 0.6 is 0 Å². The van der Waals surface area contributed by atoms with Gasteiger partial charge in [-0.2, -0.15) is 13.2 Å². The van der Waals surface area contributed by atoms with Crippen molar-refractivity contribution in [2.45, 2.75) is 50.6 Å². The number of nitrogens with zero attached hydrogens (tertiary/aromatic N) is 4. The first-order valence-corrected chi connectivity index (χ1v) is 14.7. The number of fused-ring (bicyclic) bond motifs is 1. The van der Waals surface area contributed by atoms with Gasteiger partial charge in [0.2, 0.25) is 0 Å². The van der Waals surface area contributed by atoms with Gasteiger partial charge in [0.1, 0.15) is 17.4 Å². The van der Waals surface area contributed by atoms with Gasteiger partial charge in [-0.25, -0.2) is 0 Å². The Balaban J connectivity index is 1.01. The number of pyridine rings is 1. The summed E-state index contributed by atoms with van der Waals surface area (Å²) in [6.07, 6.45) is 2.60. The van der Waals surface area contributed by atoms with Crippen molar-refractivity contribution in [1.82, 2.24) is 14.8 Å². The summed E-state index contributed by atoms with van der Waals surface area (Å²) in [7, 11) is 1.85. The van der Waals surface area contributed by atoms with Crippen LogP contribution in [-0.2, 0) is 12.7 Å². The molecule has 43 heavy (non-hydrogen) atoms. The summed E-state index contributed by atoms with van der Waals surface area (Å²) in [4.78, 5) is 23.7. The second kappa shape index (κ2) is 12.3. The summed E-state index contributed by atoms with van der Waals surface area (Å²) < 4.78 is 50.8. The fourth-order valence-electron chi connectivity index (χ4n) is 6.04. The molecule has 2 aliphatic heterocycles. The number of alkyl halides is 3. The average molecular weight is 593 g/mol. The van der Waals surface area contributed by atoms with Crippen LogP contribution in [0, 0.1) is 0 Å².